The highest BCUT2D eigenvalue weighted by Gasteiger charge is 2.23. The third-order valence-electron chi connectivity index (χ3n) is 3.14. The molecule has 3 N–H and O–H groups in total. The summed E-state index contributed by atoms with van der Waals surface area (Å²) in [6.45, 7) is 9.96. The number of hydrogen-bond acceptors (Lipinski definition) is 3. The quantitative estimate of drug-likeness (QED) is 0.539. The Labute approximate surface area is 121 Å². The summed E-state index contributed by atoms with van der Waals surface area (Å²) in [4.78, 5) is 0. The molecule has 0 bridgehead atoms. The Morgan fingerprint density at radius 2 is 2.15 bits per heavy atom. The van der Waals surface area contributed by atoms with Gasteiger partial charge in [-0.1, -0.05) is 30.4 Å². The summed E-state index contributed by atoms with van der Waals surface area (Å²) >= 11 is 0. The molecular formula is C16H25FN2O. The summed E-state index contributed by atoms with van der Waals surface area (Å²) in [7, 11) is 0. The molecule has 0 heterocycles. The van der Waals surface area contributed by atoms with Gasteiger partial charge in [0.1, 0.15) is 5.82 Å². The molecule has 1 aromatic carbocycles. The highest BCUT2D eigenvalue weighted by atomic mass is 19.1. The van der Waals surface area contributed by atoms with Gasteiger partial charge in [-0.15, -0.1) is 0 Å². The van der Waals surface area contributed by atoms with E-state index in [1.807, 2.05) is 19.9 Å². The van der Waals surface area contributed by atoms with Crippen LogP contribution < -0.4 is 11.1 Å². The third kappa shape index (κ3) is 5.82. The van der Waals surface area contributed by atoms with Crippen molar-refractivity contribution in [1.82, 2.24) is 5.32 Å². The fourth-order valence-electron chi connectivity index (χ4n) is 1.94. The van der Waals surface area contributed by atoms with Crippen LogP contribution in [0.5, 0.6) is 0 Å². The lowest BCUT2D eigenvalue weighted by Crippen LogP contribution is -2.51. The molecule has 1 aromatic rings. The van der Waals surface area contributed by atoms with Gasteiger partial charge in [-0.3, -0.25) is 0 Å². The summed E-state index contributed by atoms with van der Waals surface area (Å²) < 4.78 is 19.1. The molecule has 1 unspecified atom stereocenters. The minimum Gasteiger partial charge on any atom is -0.376 e. The summed E-state index contributed by atoms with van der Waals surface area (Å²) in [6, 6.07) is 6.80. The lowest BCUT2D eigenvalue weighted by atomic mass is 9.92. The second kappa shape index (κ2) is 8.15. The molecule has 0 saturated heterocycles. The van der Waals surface area contributed by atoms with Gasteiger partial charge in [-0.2, -0.15) is 0 Å². The van der Waals surface area contributed by atoms with Crippen LogP contribution in [0.3, 0.4) is 0 Å². The number of ether oxygens (including phenoxy) is 1. The Morgan fingerprint density at radius 1 is 1.45 bits per heavy atom. The van der Waals surface area contributed by atoms with Crippen molar-refractivity contribution in [3.8, 4) is 0 Å². The van der Waals surface area contributed by atoms with E-state index >= 15 is 0 Å². The van der Waals surface area contributed by atoms with Gasteiger partial charge in [0.15, 0.2) is 0 Å². The van der Waals surface area contributed by atoms with E-state index in [2.05, 4.69) is 11.9 Å². The van der Waals surface area contributed by atoms with Crippen LogP contribution in [0, 0.1) is 5.82 Å². The zero-order chi connectivity index (χ0) is 15.0. The van der Waals surface area contributed by atoms with Crippen LogP contribution in [-0.2, 0) is 11.2 Å². The van der Waals surface area contributed by atoms with Crippen LogP contribution in [-0.4, -0.2) is 31.8 Å². The van der Waals surface area contributed by atoms with Gasteiger partial charge in [0.05, 0.1) is 13.2 Å². The van der Waals surface area contributed by atoms with Crippen molar-refractivity contribution in [2.45, 2.75) is 25.8 Å². The molecule has 4 heteroatoms. The van der Waals surface area contributed by atoms with E-state index in [1.54, 1.807) is 12.1 Å². The van der Waals surface area contributed by atoms with E-state index in [0.717, 1.165) is 5.57 Å². The smallest absolute Gasteiger partial charge is 0.126 e. The fourth-order valence-corrected chi connectivity index (χ4v) is 1.94. The first-order valence-electron chi connectivity index (χ1n) is 6.87. The zero-order valence-corrected chi connectivity index (χ0v) is 12.4. The van der Waals surface area contributed by atoms with Crippen LogP contribution in [0.4, 0.5) is 4.39 Å². The second-order valence-corrected chi connectivity index (χ2v) is 5.47. The van der Waals surface area contributed by atoms with E-state index in [9.17, 15) is 4.39 Å². The minimum atomic E-state index is -0.339. The van der Waals surface area contributed by atoms with Crippen molar-refractivity contribution in [2.24, 2.45) is 5.73 Å². The van der Waals surface area contributed by atoms with E-state index in [1.165, 1.54) is 6.07 Å². The summed E-state index contributed by atoms with van der Waals surface area (Å²) in [5.41, 5.74) is 7.16. The topological polar surface area (TPSA) is 47.3 Å². The summed E-state index contributed by atoms with van der Waals surface area (Å²) in [6.07, 6.45) is 0.552. The van der Waals surface area contributed by atoms with Gasteiger partial charge in [0.25, 0.3) is 0 Å². The van der Waals surface area contributed by atoms with Crippen molar-refractivity contribution >= 4 is 0 Å². The molecule has 0 aliphatic rings. The molecule has 0 saturated carbocycles. The highest BCUT2D eigenvalue weighted by molar-refractivity contribution is 5.20. The van der Waals surface area contributed by atoms with E-state index in [-0.39, 0.29) is 11.4 Å². The van der Waals surface area contributed by atoms with Crippen molar-refractivity contribution in [3.63, 3.8) is 0 Å². The van der Waals surface area contributed by atoms with Gasteiger partial charge >= 0.3 is 0 Å². The normalized spacial score (nSPS) is 14.0. The average molecular weight is 280 g/mol. The standard InChI is InChI=1S/C16H25FN2O/c1-13(2)11-20-9-8-19-16(3,12-18)10-14-6-4-5-7-15(14)17/h4-7,19H,1,8-12,18H2,2-3H3. The van der Waals surface area contributed by atoms with E-state index in [4.69, 9.17) is 10.5 Å². The number of nitrogens with two attached hydrogens (primary N) is 1. The van der Waals surface area contributed by atoms with Crippen molar-refractivity contribution < 1.29 is 9.13 Å². The molecule has 1 atom stereocenters. The predicted octanol–water partition coefficient (Wildman–Crippen LogP) is 2.27. The van der Waals surface area contributed by atoms with Gasteiger partial charge in [0.2, 0.25) is 0 Å². The molecule has 0 aliphatic heterocycles. The van der Waals surface area contributed by atoms with Crippen molar-refractivity contribution in [1.29, 1.82) is 0 Å². The Balaban J connectivity index is 2.46. The van der Waals surface area contributed by atoms with Crippen LogP contribution in [0.15, 0.2) is 36.4 Å². The van der Waals surface area contributed by atoms with Crippen molar-refractivity contribution in [2.75, 3.05) is 26.3 Å². The minimum absolute atomic E-state index is 0.187. The first kappa shape index (κ1) is 16.8. The Hall–Kier alpha value is -1.23. The highest BCUT2D eigenvalue weighted by Crippen LogP contribution is 2.15. The fraction of sp³-hybridized carbons (Fsp3) is 0.500. The molecule has 0 amide bonds. The van der Waals surface area contributed by atoms with E-state index in [0.29, 0.717) is 38.3 Å². The molecule has 0 aromatic heterocycles. The number of benzene rings is 1. The van der Waals surface area contributed by atoms with Gasteiger partial charge < -0.3 is 15.8 Å². The average Bonchev–Trinajstić information content (AvgIpc) is 2.41. The second-order valence-electron chi connectivity index (χ2n) is 5.47. The first-order chi connectivity index (χ1) is 9.47. The molecule has 0 fully saturated rings. The van der Waals surface area contributed by atoms with Crippen LogP contribution >= 0.6 is 0 Å². The lowest BCUT2D eigenvalue weighted by molar-refractivity contribution is 0.149. The van der Waals surface area contributed by atoms with Gasteiger partial charge in [0, 0.05) is 18.6 Å². The number of rotatable bonds is 9. The van der Waals surface area contributed by atoms with E-state index < -0.39 is 0 Å². The van der Waals surface area contributed by atoms with Crippen molar-refractivity contribution in [3.05, 3.63) is 47.8 Å². The lowest BCUT2D eigenvalue weighted by Gasteiger charge is -2.30. The Morgan fingerprint density at radius 3 is 2.75 bits per heavy atom. The summed E-state index contributed by atoms with van der Waals surface area (Å²) in [5, 5.41) is 3.35. The summed E-state index contributed by atoms with van der Waals surface area (Å²) in [5.74, 6) is -0.187. The SMILES string of the molecule is C=C(C)COCCNC(C)(CN)Cc1ccccc1F. The maximum absolute atomic E-state index is 13.7. The van der Waals surface area contributed by atoms with Crippen LogP contribution in [0.1, 0.15) is 19.4 Å². The van der Waals surface area contributed by atoms with Crippen LogP contribution in [0.25, 0.3) is 0 Å². The van der Waals surface area contributed by atoms with Gasteiger partial charge in [-0.05, 0) is 31.9 Å². The van der Waals surface area contributed by atoms with Gasteiger partial charge in [-0.25, -0.2) is 4.39 Å². The molecule has 0 spiro atoms. The number of halogens is 1. The molecular weight excluding hydrogens is 255 g/mol. The molecule has 0 aliphatic carbocycles. The molecule has 1 rings (SSSR count). The monoisotopic (exact) mass is 280 g/mol. The molecule has 0 radical (unpaired) electrons. The number of nitrogens with one attached hydrogen (secondary N) is 1. The largest absolute Gasteiger partial charge is 0.376 e. The zero-order valence-electron chi connectivity index (χ0n) is 12.4. The maximum Gasteiger partial charge on any atom is 0.126 e. The molecule has 112 valence electrons. The van der Waals surface area contributed by atoms with Crippen LogP contribution in [0.2, 0.25) is 0 Å². The Bertz CT molecular complexity index is 436. The number of hydrogen-bond donors (Lipinski definition) is 2. The maximum atomic E-state index is 13.7. The Kier molecular flexibility index (Phi) is 6.85. The molecule has 3 nitrogen and oxygen atoms in total. The third-order valence-corrected chi connectivity index (χ3v) is 3.14. The predicted molar refractivity (Wildman–Crippen MR) is 81.2 cm³/mol. The first-order valence-corrected chi connectivity index (χ1v) is 6.87. The molecule has 20 heavy (non-hydrogen) atoms.